The van der Waals surface area contributed by atoms with Crippen LogP contribution < -0.4 is 5.32 Å². The zero-order valence-corrected chi connectivity index (χ0v) is 18.0. The lowest BCUT2D eigenvalue weighted by atomic mass is 10.0. The standard InChI is InChI=1S/C21H22FN7OS/c1-12-23-10-19(31-12)25-21(30)20-16-7-15(17(22)8-18(16)26-27-20)13-9-24-29(11-13)14-3-5-28(2)6-4-14/h7-11,14H,3-6H2,1-2H3,(H,25,30)(H,26,27). The summed E-state index contributed by atoms with van der Waals surface area (Å²) in [6.45, 7) is 3.91. The molecule has 8 nitrogen and oxygen atoms in total. The summed E-state index contributed by atoms with van der Waals surface area (Å²) < 4.78 is 16.8. The molecule has 1 aliphatic heterocycles. The summed E-state index contributed by atoms with van der Waals surface area (Å²) in [6.07, 6.45) is 7.21. The Bertz CT molecular complexity index is 1250. The van der Waals surface area contributed by atoms with Gasteiger partial charge in [0, 0.05) is 28.8 Å². The van der Waals surface area contributed by atoms with Crippen LogP contribution in [0.25, 0.3) is 22.0 Å². The maximum absolute atomic E-state index is 14.9. The van der Waals surface area contributed by atoms with Gasteiger partial charge in [0.1, 0.15) is 10.8 Å². The average molecular weight is 440 g/mol. The molecule has 0 atom stereocenters. The first kappa shape index (κ1) is 19.8. The molecule has 0 saturated carbocycles. The highest BCUT2D eigenvalue weighted by Crippen LogP contribution is 2.30. The van der Waals surface area contributed by atoms with Crippen LogP contribution in [-0.2, 0) is 0 Å². The van der Waals surface area contributed by atoms with Crippen LogP contribution in [0.5, 0.6) is 0 Å². The van der Waals surface area contributed by atoms with Gasteiger partial charge in [0.2, 0.25) is 0 Å². The zero-order valence-electron chi connectivity index (χ0n) is 17.2. The fraction of sp³-hybridized carbons (Fsp3) is 0.333. The smallest absolute Gasteiger partial charge is 0.277 e. The average Bonchev–Trinajstić information content (AvgIpc) is 3.47. The summed E-state index contributed by atoms with van der Waals surface area (Å²) in [5, 5.41) is 16.2. The number of amides is 1. The molecule has 2 N–H and O–H groups in total. The van der Waals surface area contributed by atoms with Crippen molar-refractivity contribution < 1.29 is 9.18 Å². The number of rotatable bonds is 4. The van der Waals surface area contributed by atoms with E-state index >= 15 is 0 Å². The number of aromatic amines is 1. The van der Waals surface area contributed by atoms with Crippen molar-refractivity contribution in [2.45, 2.75) is 25.8 Å². The van der Waals surface area contributed by atoms with Crippen LogP contribution in [0.4, 0.5) is 9.39 Å². The number of piperidine rings is 1. The van der Waals surface area contributed by atoms with Crippen LogP contribution in [-0.4, -0.2) is 55.9 Å². The minimum atomic E-state index is -0.385. The summed E-state index contributed by atoms with van der Waals surface area (Å²) in [5.41, 5.74) is 1.76. The van der Waals surface area contributed by atoms with Crippen LogP contribution in [0.3, 0.4) is 0 Å². The van der Waals surface area contributed by atoms with E-state index in [9.17, 15) is 9.18 Å². The fourth-order valence-electron chi connectivity index (χ4n) is 3.96. The van der Waals surface area contributed by atoms with Gasteiger partial charge < -0.3 is 10.2 Å². The highest BCUT2D eigenvalue weighted by Gasteiger charge is 2.21. The number of hydrogen-bond acceptors (Lipinski definition) is 6. The number of nitrogens with one attached hydrogen (secondary N) is 2. The minimum absolute atomic E-state index is 0.213. The predicted molar refractivity (Wildman–Crippen MR) is 118 cm³/mol. The molecule has 4 aromatic rings. The van der Waals surface area contributed by atoms with E-state index in [-0.39, 0.29) is 17.4 Å². The molecule has 0 spiro atoms. The Balaban J connectivity index is 1.45. The zero-order chi connectivity index (χ0) is 21.5. The third kappa shape index (κ3) is 3.84. The van der Waals surface area contributed by atoms with E-state index in [1.165, 1.54) is 17.4 Å². The fourth-order valence-corrected chi connectivity index (χ4v) is 4.63. The lowest BCUT2D eigenvalue weighted by Crippen LogP contribution is -2.31. The molecule has 1 amide bonds. The van der Waals surface area contributed by atoms with E-state index in [1.807, 2.05) is 17.8 Å². The Morgan fingerprint density at radius 3 is 2.84 bits per heavy atom. The lowest BCUT2D eigenvalue weighted by Gasteiger charge is -2.28. The number of aromatic nitrogens is 5. The molecule has 1 fully saturated rings. The monoisotopic (exact) mass is 439 g/mol. The maximum atomic E-state index is 14.9. The van der Waals surface area contributed by atoms with Gasteiger partial charge >= 0.3 is 0 Å². The number of aryl methyl sites for hydroxylation is 1. The van der Waals surface area contributed by atoms with Crippen molar-refractivity contribution in [2.75, 3.05) is 25.5 Å². The maximum Gasteiger partial charge on any atom is 0.277 e. The molecule has 10 heteroatoms. The van der Waals surface area contributed by atoms with Crippen molar-refractivity contribution >= 4 is 33.1 Å². The molecule has 0 unspecified atom stereocenters. The van der Waals surface area contributed by atoms with Crippen LogP contribution in [0, 0.1) is 12.7 Å². The Morgan fingerprint density at radius 2 is 2.10 bits per heavy atom. The lowest BCUT2D eigenvalue weighted by molar-refractivity contribution is 0.102. The number of fused-ring (bicyclic) bond motifs is 1. The molecule has 160 valence electrons. The third-order valence-electron chi connectivity index (χ3n) is 5.70. The first-order chi connectivity index (χ1) is 15.0. The highest BCUT2D eigenvalue weighted by molar-refractivity contribution is 7.15. The van der Waals surface area contributed by atoms with Crippen molar-refractivity contribution in [1.29, 1.82) is 0 Å². The highest BCUT2D eigenvalue weighted by atomic mass is 32.1. The van der Waals surface area contributed by atoms with Crippen LogP contribution in [0.15, 0.2) is 30.7 Å². The molecule has 5 rings (SSSR count). The van der Waals surface area contributed by atoms with Crippen molar-refractivity contribution in [2.24, 2.45) is 0 Å². The number of nitrogens with zero attached hydrogens (tertiary/aromatic N) is 5. The summed E-state index contributed by atoms with van der Waals surface area (Å²) in [5.74, 6) is -0.751. The molecular weight excluding hydrogens is 417 g/mol. The number of H-pyrrole nitrogens is 1. The second-order valence-electron chi connectivity index (χ2n) is 7.89. The Hall–Kier alpha value is -3.11. The molecule has 1 aliphatic rings. The Morgan fingerprint density at radius 1 is 1.29 bits per heavy atom. The number of anilines is 1. The van der Waals surface area contributed by atoms with Crippen molar-refractivity contribution in [3.8, 4) is 11.1 Å². The molecule has 31 heavy (non-hydrogen) atoms. The number of benzene rings is 1. The minimum Gasteiger partial charge on any atom is -0.311 e. The molecule has 1 saturated heterocycles. The van der Waals surface area contributed by atoms with E-state index in [4.69, 9.17) is 0 Å². The summed E-state index contributed by atoms with van der Waals surface area (Å²) >= 11 is 1.38. The third-order valence-corrected chi connectivity index (χ3v) is 6.53. The van der Waals surface area contributed by atoms with Crippen LogP contribution in [0.1, 0.15) is 34.4 Å². The first-order valence-electron chi connectivity index (χ1n) is 10.1. The van der Waals surface area contributed by atoms with Gasteiger partial charge in [-0.3, -0.25) is 14.6 Å². The molecule has 1 aromatic carbocycles. The van der Waals surface area contributed by atoms with Gasteiger partial charge in [0.15, 0.2) is 5.69 Å². The number of likely N-dealkylation sites (tertiary alicyclic amines) is 1. The Labute approximate surface area is 182 Å². The van der Waals surface area contributed by atoms with E-state index in [0.29, 0.717) is 33.1 Å². The van der Waals surface area contributed by atoms with E-state index in [1.54, 1.807) is 18.5 Å². The van der Waals surface area contributed by atoms with Crippen LogP contribution >= 0.6 is 11.3 Å². The van der Waals surface area contributed by atoms with Crippen molar-refractivity contribution in [3.05, 3.63) is 47.2 Å². The molecule has 0 bridgehead atoms. The van der Waals surface area contributed by atoms with Crippen molar-refractivity contribution in [3.63, 3.8) is 0 Å². The molecule has 3 aromatic heterocycles. The summed E-state index contributed by atoms with van der Waals surface area (Å²) in [6, 6.07) is 3.35. The Kier molecular flexibility index (Phi) is 5.03. The van der Waals surface area contributed by atoms with E-state index in [0.717, 1.165) is 30.9 Å². The van der Waals surface area contributed by atoms with Gasteiger partial charge in [0.25, 0.3) is 5.91 Å². The SMILES string of the molecule is Cc1ncc(NC(=O)c2n[nH]c3cc(F)c(-c4cnn(C5CCN(C)CC5)c4)cc23)s1. The van der Waals surface area contributed by atoms with Gasteiger partial charge in [-0.25, -0.2) is 9.37 Å². The summed E-state index contributed by atoms with van der Waals surface area (Å²) in [4.78, 5) is 19.2. The number of halogens is 1. The second-order valence-corrected chi connectivity index (χ2v) is 9.13. The summed E-state index contributed by atoms with van der Waals surface area (Å²) in [7, 11) is 2.12. The molecule has 0 radical (unpaired) electrons. The van der Waals surface area contributed by atoms with Crippen molar-refractivity contribution in [1.82, 2.24) is 29.9 Å². The largest absolute Gasteiger partial charge is 0.311 e. The van der Waals surface area contributed by atoms with Gasteiger partial charge in [-0.05, 0) is 46.0 Å². The molecule has 4 heterocycles. The number of thiazole rings is 1. The van der Waals surface area contributed by atoms with E-state index < -0.39 is 0 Å². The number of hydrogen-bond donors (Lipinski definition) is 2. The molecule has 0 aliphatic carbocycles. The molecular formula is C21H22FN7OS. The predicted octanol–water partition coefficient (Wildman–Crippen LogP) is 3.85. The van der Waals surface area contributed by atoms with Crippen LogP contribution in [0.2, 0.25) is 0 Å². The second kappa shape index (κ2) is 7.86. The first-order valence-corrected chi connectivity index (χ1v) is 10.9. The number of carbonyl (C=O) groups is 1. The van der Waals surface area contributed by atoms with Gasteiger partial charge in [-0.15, -0.1) is 11.3 Å². The quantitative estimate of drug-likeness (QED) is 0.504. The topological polar surface area (TPSA) is 91.7 Å². The normalized spacial score (nSPS) is 15.6. The van der Waals surface area contributed by atoms with Gasteiger partial charge in [-0.2, -0.15) is 10.2 Å². The van der Waals surface area contributed by atoms with Gasteiger partial charge in [-0.1, -0.05) is 0 Å². The van der Waals surface area contributed by atoms with E-state index in [2.05, 4.69) is 37.5 Å². The van der Waals surface area contributed by atoms with Gasteiger partial charge in [0.05, 0.1) is 29.0 Å². The number of carbonyl (C=O) groups excluding carboxylic acids is 1.